The number of carbonyl (C=O) groups is 2. The van der Waals surface area contributed by atoms with Crippen molar-refractivity contribution in [3.63, 3.8) is 0 Å². The molecule has 0 heterocycles. The van der Waals surface area contributed by atoms with E-state index in [4.69, 9.17) is 4.74 Å². The van der Waals surface area contributed by atoms with Crippen molar-refractivity contribution in [2.24, 2.45) is 5.92 Å². The molecule has 45 heavy (non-hydrogen) atoms. The van der Waals surface area contributed by atoms with E-state index in [2.05, 4.69) is 5.32 Å². The van der Waals surface area contributed by atoms with Crippen LogP contribution in [0.1, 0.15) is 30.5 Å². The number of amides is 2. The van der Waals surface area contributed by atoms with Crippen LogP contribution in [0.3, 0.4) is 0 Å². The van der Waals surface area contributed by atoms with Gasteiger partial charge in [0.2, 0.25) is 21.8 Å². The predicted molar refractivity (Wildman–Crippen MR) is 179 cm³/mol. The third kappa shape index (κ3) is 9.94. The van der Waals surface area contributed by atoms with Crippen molar-refractivity contribution in [2.45, 2.75) is 39.8 Å². The molecule has 2 amide bonds. The molecule has 4 aromatic rings. The summed E-state index contributed by atoms with van der Waals surface area (Å²) in [6, 6.07) is 32.1. The zero-order valence-electron chi connectivity index (χ0n) is 26.2. The Hall–Kier alpha value is -4.63. The van der Waals surface area contributed by atoms with Crippen LogP contribution in [0.25, 0.3) is 0 Å². The quantitative estimate of drug-likeness (QED) is 0.186. The van der Waals surface area contributed by atoms with Gasteiger partial charge in [-0.1, -0.05) is 92.2 Å². The summed E-state index contributed by atoms with van der Waals surface area (Å²) < 4.78 is 33.1. The van der Waals surface area contributed by atoms with Crippen molar-refractivity contribution >= 4 is 27.5 Å². The molecule has 1 unspecified atom stereocenters. The predicted octanol–water partition coefficient (Wildman–Crippen LogP) is 5.97. The van der Waals surface area contributed by atoms with Gasteiger partial charge in [0, 0.05) is 19.5 Å². The Kier molecular flexibility index (Phi) is 11.4. The van der Waals surface area contributed by atoms with E-state index in [1.165, 1.54) is 4.90 Å². The summed E-state index contributed by atoms with van der Waals surface area (Å²) in [5, 5.41) is 3.00. The minimum atomic E-state index is -3.88. The number of aryl methyl sites for hydroxylation is 1. The molecular weight excluding hydrogens is 586 g/mol. The molecule has 8 nitrogen and oxygen atoms in total. The summed E-state index contributed by atoms with van der Waals surface area (Å²) in [7, 11) is -3.88. The third-order valence-corrected chi connectivity index (χ3v) is 8.35. The Morgan fingerprint density at radius 2 is 1.36 bits per heavy atom. The fourth-order valence-electron chi connectivity index (χ4n) is 4.79. The smallest absolute Gasteiger partial charge is 0.244 e. The number of para-hydroxylation sites is 1. The highest BCUT2D eigenvalue weighted by Gasteiger charge is 2.33. The van der Waals surface area contributed by atoms with E-state index in [9.17, 15) is 18.0 Å². The van der Waals surface area contributed by atoms with E-state index in [-0.39, 0.29) is 24.8 Å². The molecule has 0 spiro atoms. The first-order chi connectivity index (χ1) is 21.5. The number of anilines is 1. The highest BCUT2D eigenvalue weighted by atomic mass is 32.2. The van der Waals surface area contributed by atoms with Gasteiger partial charge in [0.15, 0.2) is 0 Å². The summed E-state index contributed by atoms with van der Waals surface area (Å²) in [6.07, 6.45) is 1.34. The van der Waals surface area contributed by atoms with Gasteiger partial charge in [0.05, 0.1) is 11.9 Å². The van der Waals surface area contributed by atoms with Crippen LogP contribution in [0.4, 0.5) is 5.69 Å². The molecule has 0 fully saturated rings. The van der Waals surface area contributed by atoms with Crippen molar-refractivity contribution in [3.05, 3.63) is 126 Å². The lowest BCUT2D eigenvalue weighted by atomic mass is 10.0. The molecule has 0 bridgehead atoms. The average Bonchev–Trinajstić information content (AvgIpc) is 3.02. The average molecular weight is 628 g/mol. The molecule has 0 aromatic heterocycles. The molecular formula is C36H41N3O5S. The van der Waals surface area contributed by atoms with Crippen LogP contribution in [0.15, 0.2) is 109 Å². The van der Waals surface area contributed by atoms with Gasteiger partial charge in [-0.2, -0.15) is 0 Å². The molecule has 0 saturated heterocycles. The lowest BCUT2D eigenvalue weighted by molar-refractivity contribution is -0.140. The maximum atomic E-state index is 14.2. The van der Waals surface area contributed by atoms with Gasteiger partial charge in [-0.05, 0) is 60.4 Å². The zero-order chi connectivity index (χ0) is 32.4. The molecule has 236 valence electrons. The van der Waals surface area contributed by atoms with Crippen molar-refractivity contribution in [1.82, 2.24) is 10.2 Å². The Morgan fingerprint density at radius 1 is 0.778 bits per heavy atom. The van der Waals surface area contributed by atoms with Gasteiger partial charge in [0.25, 0.3) is 0 Å². The van der Waals surface area contributed by atoms with E-state index < -0.39 is 28.5 Å². The molecule has 9 heteroatoms. The molecule has 4 aromatic carbocycles. The van der Waals surface area contributed by atoms with Gasteiger partial charge in [-0.15, -0.1) is 0 Å². The highest BCUT2D eigenvalue weighted by Crippen LogP contribution is 2.26. The Morgan fingerprint density at radius 3 is 1.93 bits per heavy atom. The maximum Gasteiger partial charge on any atom is 0.244 e. The first-order valence-corrected chi connectivity index (χ1v) is 16.8. The molecule has 0 saturated carbocycles. The number of rotatable bonds is 14. The third-order valence-electron chi connectivity index (χ3n) is 7.21. The number of benzene rings is 4. The molecule has 0 aliphatic heterocycles. The van der Waals surface area contributed by atoms with Gasteiger partial charge in [-0.25, -0.2) is 8.42 Å². The first-order valence-electron chi connectivity index (χ1n) is 15.0. The number of hydrogen-bond donors (Lipinski definition) is 1. The molecule has 1 atom stereocenters. The summed E-state index contributed by atoms with van der Waals surface area (Å²) in [4.78, 5) is 29.5. The second-order valence-corrected chi connectivity index (χ2v) is 13.4. The topological polar surface area (TPSA) is 96.0 Å². The van der Waals surface area contributed by atoms with Crippen molar-refractivity contribution < 1.29 is 22.7 Å². The van der Waals surface area contributed by atoms with E-state index in [1.807, 2.05) is 106 Å². The van der Waals surface area contributed by atoms with E-state index >= 15 is 0 Å². The summed E-state index contributed by atoms with van der Waals surface area (Å²) in [6.45, 7) is 6.08. The first kappa shape index (κ1) is 33.3. The fourth-order valence-corrected chi connectivity index (χ4v) is 5.64. The number of sulfonamides is 1. The van der Waals surface area contributed by atoms with Gasteiger partial charge in [0.1, 0.15) is 24.1 Å². The van der Waals surface area contributed by atoms with Crippen LogP contribution in [0.5, 0.6) is 11.5 Å². The summed E-state index contributed by atoms with van der Waals surface area (Å²) >= 11 is 0. The van der Waals surface area contributed by atoms with Crippen molar-refractivity contribution in [2.75, 3.05) is 23.7 Å². The lowest BCUT2D eigenvalue weighted by Gasteiger charge is -2.33. The van der Waals surface area contributed by atoms with Crippen LogP contribution in [0, 0.1) is 12.8 Å². The van der Waals surface area contributed by atoms with Crippen LogP contribution in [-0.4, -0.2) is 50.5 Å². The molecule has 4 rings (SSSR count). The lowest BCUT2D eigenvalue weighted by Crippen LogP contribution is -2.53. The standard InChI is InChI=1S/C36H41N3O5S/c1-27(2)24-37-36(41)34(23-29-11-7-5-8-12-29)38(25-30-17-15-28(3)16-18-30)35(40)26-39(45(4,42)43)31-19-21-33(22-20-31)44-32-13-9-6-10-14-32/h5-22,27,34H,23-26H2,1-4H3,(H,37,41). The summed E-state index contributed by atoms with van der Waals surface area (Å²) in [5.74, 6) is 0.595. The van der Waals surface area contributed by atoms with E-state index in [0.29, 0.717) is 23.7 Å². The number of hydrogen-bond acceptors (Lipinski definition) is 5. The normalized spacial score (nSPS) is 11.9. The number of ether oxygens (including phenoxy) is 1. The highest BCUT2D eigenvalue weighted by molar-refractivity contribution is 7.92. The van der Waals surface area contributed by atoms with E-state index in [0.717, 1.165) is 27.3 Å². The Labute approximate surface area is 266 Å². The number of carbonyl (C=O) groups excluding carboxylic acids is 2. The van der Waals surface area contributed by atoms with Crippen LogP contribution in [0.2, 0.25) is 0 Å². The minimum absolute atomic E-state index is 0.132. The number of nitrogens with one attached hydrogen (secondary N) is 1. The van der Waals surface area contributed by atoms with Gasteiger partial charge >= 0.3 is 0 Å². The van der Waals surface area contributed by atoms with E-state index in [1.54, 1.807) is 24.3 Å². The monoisotopic (exact) mass is 627 g/mol. The Balaban J connectivity index is 1.67. The van der Waals surface area contributed by atoms with Crippen LogP contribution in [-0.2, 0) is 32.6 Å². The molecule has 0 aliphatic rings. The van der Waals surface area contributed by atoms with Crippen LogP contribution < -0.4 is 14.4 Å². The maximum absolute atomic E-state index is 14.2. The largest absolute Gasteiger partial charge is 0.457 e. The van der Waals surface area contributed by atoms with Gasteiger partial charge in [-0.3, -0.25) is 13.9 Å². The second kappa shape index (κ2) is 15.4. The molecule has 0 aliphatic carbocycles. The van der Waals surface area contributed by atoms with Crippen LogP contribution >= 0.6 is 0 Å². The van der Waals surface area contributed by atoms with Crippen molar-refractivity contribution in [3.8, 4) is 11.5 Å². The second-order valence-electron chi connectivity index (χ2n) is 11.5. The zero-order valence-corrected chi connectivity index (χ0v) is 27.0. The molecule has 1 N–H and O–H groups in total. The SMILES string of the molecule is Cc1ccc(CN(C(=O)CN(c2ccc(Oc3ccccc3)cc2)S(C)(=O)=O)C(Cc2ccccc2)C(=O)NCC(C)C)cc1. The molecule has 0 radical (unpaired) electrons. The fraction of sp³-hybridized carbons (Fsp3) is 0.278. The number of nitrogens with zero attached hydrogens (tertiary/aromatic N) is 2. The van der Waals surface area contributed by atoms with Crippen molar-refractivity contribution in [1.29, 1.82) is 0 Å². The van der Waals surface area contributed by atoms with Gasteiger partial charge < -0.3 is 15.0 Å². The summed E-state index contributed by atoms with van der Waals surface area (Å²) in [5.41, 5.74) is 3.09. The minimum Gasteiger partial charge on any atom is -0.457 e. The Bertz CT molecular complexity index is 1640.